The zero-order valence-corrected chi connectivity index (χ0v) is 12.7. The number of aliphatic imine (C=N–C) groups is 1. The fraction of sp³-hybridized carbons (Fsp3) is 0.150. The van der Waals surface area contributed by atoms with Gasteiger partial charge in [-0.25, -0.2) is 0 Å². The minimum Gasteiger partial charge on any atom is -0.281 e. The SMILES string of the molecule is C=C(/C=C\C(=C/C)C1C=CC=C(C)C=N1)c1ccccc1. The molecular weight excluding hydrogens is 254 g/mol. The molecule has 0 saturated carbocycles. The first-order valence-corrected chi connectivity index (χ1v) is 7.17. The lowest BCUT2D eigenvalue weighted by Crippen LogP contribution is -2.02. The number of hydrogen-bond acceptors (Lipinski definition) is 1. The second-order valence-electron chi connectivity index (χ2n) is 5.03. The van der Waals surface area contributed by atoms with Crippen molar-refractivity contribution in [3.63, 3.8) is 0 Å². The molecule has 0 aliphatic carbocycles. The van der Waals surface area contributed by atoms with E-state index in [1.807, 2.05) is 31.3 Å². The van der Waals surface area contributed by atoms with Gasteiger partial charge >= 0.3 is 0 Å². The average molecular weight is 275 g/mol. The van der Waals surface area contributed by atoms with Crippen LogP contribution in [0, 0.1) is 0 Å². The molecule has 0 saturated heterocycles. The number of allylic oxidation sites excluding steroid dienone is 6. The first-order valence-electron chi connectivity index (χ1n) is 7.17. The van der Waals surface area contributed by atoms with Crippen molar-refractivity contribution >= 4 is 11.8 Å². The monoisotopic (exact) mass is 275 g/mol. The van der Waals surface area contributed by atoms with Crippen LogP contribution in [0.3, 0.4) is 0 Å². The average Bonchev–Trinajstić information content (AvgIpc) is 2.73. The highest BCUT2D eigenvalue weighted by Gasteiger charge is 2.06. The Bertz CT molecular complexity index is 640. The van der Waals surface area contributed by atoms with E-state index in [-0.39, 0.29) is 6.04 Å². The molecule has 1 aliphatic heterocycles. The van der Waals surface area contributed by atoms with Crippen LogP contribution in [0.5, 0.6) is 0 Å². The maximum Gasteiger partial charge on any atom is 0.0930 e. The van der Waals surface area contributed by atoms with E-state index in [1.54, 1.807) is 0 Å². The van der Waals surface area contributed by atoms with Crippen LogP contribution in [0.2, 0.25) is 0 Å². The molecule has 2 rings (SSSR count). The van der Waals surface area contributed by atoms with Gasteiger partial charge in [-0.3, -0.25) is 4.99 Å². The Morgan fingerprint density at radius 2 is 1.95 bits per heavy atom. The minimum atomic E-state index is 0.0727. The van der Waals surface area contributed by atoms with Crippen LogP contribution in [-0.4, -0.2) is 12.3 Å². The van der Waals surface area contributed by atoms with E-state index in [0.717, 1.165) is 11.1 Å². The number of nitrogens with zero attached hydrogens (tertiary/aromatic N) is 1. The Morgan fingerprint density at radius 3 is 2.67 bits per heavy atom. The van der Waals surface area contributed by atoms with Crippen molar-refractivity contribution in [1.29, 1.82) is 0 Å². The smallest absolute Gasteiger partial charge is 0.0930 e. The zero-order chi connectivity index (χ0) is 15.1. The van der Waals surface area contributed by atoms with Crippen LogP contribution < -0.4 is 0 Å². The predicted molar refractivity (Wildman–Crippen MR) is 93.6 cm³/mol. The van der Waals surface area contributed by atoms with Crippen LogP contribution in [-0.2, 0) is 0 Å². The third-order valence-corrected chi connectivity index (χ3v) is 3.39. The van der Waals surface area contributed by atoms with Gasteiger partial charge in [0.1, 0.15) is 0 Å². The standard InChI is InChI=1S/C20H21N/c1-4-18(20-12-8-9-16(2)15-21-20)14-13-17(3)19-10-6-5-7-11-19/h4-15,20H,3H2,1-2H3/b14-13-,18-4+. The molecule has 21 heavy (non-hydrogen) atoms. The summed E-state index contributed by atoms with van der Waals surface area (Å²) in [6.07, 6.45) is 14.4. The first-order chi connectivity index (χ1) is 10.2. The molecule has 0 fully saturated rings. The van der Waals surface area contributed by atoms with Crippen molar-refractivity contribution in [2.75, 3.05) is 0 Å². The summed E-state index contributed by atoms with van der Waals surface area (Å²) in [6.45, 7) is 8.22. The summed E-state index contributed by atoms with van der Waals surface area (Å²) in [5.41, 5.74) is 4.48. The summed E-state index contributed by atoms with van der Waals surface area (Å²) in [5, 5.41) is 0. The summed E-state index contributed by atoms with van der Waals surface area (Å²) in [5.74, 6) is 0. The Balaban J connectivity index is 2.12. The lowest BCUT2D eigenvalue weighted by molar-refractivity contribution is 0.985. The van der Waals surface area contributed by atoms with Crippen molar-refractivity contribution < 1.29 is 0 Å². The van der Waals surface area contributed by atoms with Crippen LogP contribution in [0.15, 0.2) is 89.5 Å². The summed E-state index contributed by atoms with van der Waals surface area (Å²) in [7, 11) is 0. The normalized spacial score (nSPS) is 18.7. The first kappa shape index (κ1) is 15.0. The van der Waals surface area contributed by atoms with E-state index in [2.05, 4.69) is 67.1 Å². The van der Waals surface area contributed by atoms with Gasteiger partial charge in [-0.1, -0.05) is 73.4 Å². The summed E-state index contributed by atoms with van der Waals surface area (Å²) < 4.78 is 0. The minimum absolute atomic E-state index is 0.0727. The number of benzene rings is 1. The molecule has 0 aromatic heterocycles. The maximum atomic E-state index is 4.60. The van der Waals surface area contributed by atoms with Crippen LogP contribution in [0.1, 0.15) is 19.4 Å². The molecule has 1 unspecified atom stereocenters. The summed E-state index contributed by atoms with van der Waals surface area (Å²) in [6, 6.07) is 10.3. The summed E-state index contributed by atoms with van der Waals surface area (Å²) >= 11 is 0. The van der Waals surface area contributed by atoms with Gasteiger partial charge in [0.2, 0.25) is 0 Å². The lowest BCUT2D eigenvalue weighted by Gasteiger charge is -2.08. The van der Waals surface area contributed by atoms with Crippen molar-refractivity contribution in [2.24, 2.45) is 4.99 Å². The van der Waals surface area contributed by atoms with Gasteiger partial charge in [0.25, 0.3) is 0 Å². The molecule has 0 spiro atoms. The molecule has 1 heterocycles. The zero-order valence-electron chi connectivity index (χ0n) is 12.7. The molecule has 1 aliphatic rings. The van der Waals surface area contributed by atoms with Gasteiger partial charge < -0.3 is 0 Å². The van der Waals surface area contributed by atoms with Gasteiger partial charge in [0, 0.05) is 6.21 Å². The molecular formula is C20H21N. The molecule has 106 valence electrons. The van der Waals surface area contributed by atoms with E-state index >= 15 is 0 Å². The quantitative estimate of drug-likeness (QED) is 0.673. The van der Waals surface area contributed by atoms with Crippen molar-refractivity contribution in [1.82, 2.24) is 0 Å². The van der Waals surface area contributed by atoms with Gasteiger partial charge in [0.15, 0.2) is 0 Å². The van der Waals surface area contributed by atoms with E-state index in [1.165, 1.54) is 11.1 Å². The largest absolute Gasteiger partial charge is 0.281 e. The van der Waals surface area contributed by atoms with Crippen molar-refractivity contribution in [2.45, 2.75) is 19.9 Å². The third kappa shape index (κ3) is 4.28. The Morgan fingerprint density at radius 1 is 1.19 bits per heavy atom. The molecule has 0 bridgehead atoms. The van der Waals surface area contributed by atoms with E-state index in [4.69, 9.17) is 0 Å². The van der Waals surface area contributed by atoms with E-state index in [0.29, 0.717) is 0 Å². The molecule has 1 heteroatoms. The van der Waals surface area contributed by atoms with Crippen LogP contribution >= 0.6 is 0 Å². The van der Waals surface area contributed by atoms with E-state index < -0.39 is 0 Å². The molecule has 0 radical (unpaired) electrons. The summed E-state index contributed by atoms with van der Waals surface area (Å²) in [4.78, 5) is 4.60. The van der Waals surface area contributed by atoms with Crippen molar-refractivity contribution in [3.8, 4) is 0 Å². The maximum absolute atomic E-state index is 4.60. The van der Waals surface area contributed by atoms with Crippen LogP contribution in [0.4, 0.5) is 0 Å². The molecule has 1 atom stereocenters. The Hall–Kier alpha value is -2.41. The second kappa shape index (κ2) is 7.39. The highest BCUT2D eigenvalue weighted by molar-refractivity contribution is 5.79. The van der Waals surface area contributed by atoms with Crippen molar-refractivity contribution in [3.05, 3.63) is 90.1 Å². The van der Waals surface area contributed by atoms with Crippen LogP contribution in [0.25, 0.3) is 5.57 Å². The van der Waals surface area contributed by atoms with E-state index in [9.17, 15) is 0 Å². The fourth-order valence-corrected chi connectivity index (χ4v) is 2.11. The number of hydrogen-bond donors (Lipinski definition) is 0. The third-order valence-electron chi connectivity index (χ3n) is 3.39. The lowest BCUT2D eigenvalue weighted by atomic mass is 10.0. The fourth-order valence-electron chi connectivity index (χ4n) is 2.11. The highest BCUT2D eigenvalue weighted by Crippen LogP contribution is 2.17. The molecule has 0 amide bonds. The van der Waals surface area contributed by atoms with Gasteiger partial charge in [-0.15, -0.1) is 0 Å². The molecule has 1 aromatic rings. The second-order valence-corrected chi connectivity index (χ2v) is 5.03. The van der Waals surface area contributed by atoms with Gasteiger partial charge in [-0.2, -0.15) is 0 Å². The molecule has 1 nitrogen and oxygen atoms in total. The van der Waals surface area contributed by atoms with Gasteiger partial charge in [-0.05, 0) is 36.1 Å². The predicted octanol–water partition coefficient (Wildman–Crippen LogP) is 5.16. The Labute approximate surface area is 127 Å². The number of rotatable bonds is 4. The topological polar surface area (TPSA) is 12.4 Å². The molecule has 1 aromatic carbocycles. The highest BCUT2D eigenvalue weighted by atomic mass is 14.8. The van der Waals surface area contributed by atoms with Gasteiger partial charge in [0.05, 0.1) is 6.04 Å². The molecule has 0 N–H and O–H groups in total. The Kier molecular flexibility index (Phi) is 5.28.